The topological polar surface area (TPSA) is 78.0 Å². The van der Waals surface area contributed by atoms with Crippen molar-refractivity contribution in [1.82, 2.24) is 9.78 Å². The summed E-state index contributed by atoms with van der Waals surface area (Å²) >= 11 is 2.23. The fourth-order valence-corrected chi connectivity index (χ4v) is 2.52. The monoisotopic (exact) mass is 391 g/mol. The smallest absolute Gasteiger partial charge is 0.149 e. The van der Waals surface area contributed by atoms with Crippen LogP contribution in [0.5, 0.6) is 0 Å². The van der Waals surface area contributed by atoms with Gasteiger partial charge in [-0.25, -0.2) is 8.42 Å². The SMILES string of the molecule is CS(=O)(=O)CCn1cc(N)c(-c2ccc(I)cc2)n1. The largest absolute Gasteiger partial charge is 0.396 e. The molecule has 0 fully saturated rings. The fraction of sp³-hybridized carbons (Fsp3) is 0.250. The summed E-state index contributed by atoms with van der Waals surface area (Å²) in [4.78, 5) is 0. The highest BCUT2D eigenvalue weighted by Crippen LogP contribution is 2.24. The summed E-state index contributed by atoms with van der Waals surface area (Å²) in [7, 11) is -3.00. The second-order valence-electron chi connectivity index (χ2n) is 4.33. The maximum absolute atomic E-state index is 11.1. The third-order valence-electron chi connectivity index (χ3n) is 2.60. The van der Waals surface area contributed by atoms with Gasteiger partial charge in [-0.1, -0.05) is 12.1 Å². The van der Waals surface area contributed by atoms with Crippen molar-refractivity contribution in [2.45, 2.75) is 6.54 Å². The molecule has 2 N–H and O–H groups in total. The van der Waals surface area contributed by atoms with E-state index in [4.69, 9.17) is 5.73 Å². The highest BCUT2D eigenvalue weighted by Gasteiger charge is 2.10. The number of hydrogen-bond donors (Lipinski definition) is 1. The van der Waals surface area contributed by atoms with Gasteiger partial charge in [-0.15, -0.1) is 0 Å². The maximum Gasteiger partial charge on any atom is 0.149 e. The van der Waals surface area contributed by atoms with Gasteiger partial charge in [-0.2, -0.15) is 5.10 Å². The van der Waals surface area contributed by atoms with Crippen LogP contribution in [-0.2, 0) is 16.4 Å². The third kappa shape index (κ3) is 3.93. The van der Waals surface area contributed by atoms with Gasteiger partial charge >= 0.3 is 0 Å². The van der Waals surface area contributed by atoms with Crippen LogP contribution in [0.4, 0.5) is 5.69 Å². The molecule has 0 aliphatic heterocycles. The van der Waals surface area contributed by atoms with E-state index < -0.39 is 9.84 Å². The molecule has 1 aromatic heterocycles. The molecule has 0 aliphatic rings. The van der Waals surface area contributed by atoms with Gasteiger partial charge in [0.15, 0.2) is 0 Å². The first-order valence-electron chi connectivity index (χ1n) is 5.62. The van der Waals surface area contributed by atoms with E-state index in [0.29, 0.717) is 17.9 Å². The first kappa shape index (κ1) is 14.3. The minimum atomic E-state index is -3.00. The minimum Gasteiger partial charge on any atom is -0.396 e. The lowest BCUT2D eigenvalue weighted by Gasteiger charge is -2.00. The number of nitrogens with zero attached hydrogens (tertiary/aromatic N) is 2. The van der Waals surface area contributed by atoms with Gasteiger partial charge in [0.2, 0.25) is 0 Å². The Morgan fingerprint density at radius 2 is 1.95 bits per heavy atom. The van der Waals surface area contributed by atoms with Crippen LogP contribution in [0, 0.1) is 3.57 Å². The number of halogens is 1. The van der Waals surface area contributed by atoms with Crippen molar-refractivity contribution < 1.29 is 8.42 Å². The fourth-order valence-electron chi connectivity index (χ4n) is 1.64. The molecule has 1 heterocycles. The van der Waals surface area contributed by atoms with E-state index in [1.165, 1.54) is 6.26 Å². The van der Waals surface area contributed by atoms with E-state index in [1.807, 2.05) is 24.3 Å². The first-order chi connectivity index (χ1) is 8.85. The molecule has 5 nitrogen and oxygen atoms in total. The van der Waals surface area contributed by atoms with E-state index in [1.54, 1.807) is 10.9 Å². The lowest BCUT2D eigenvalue weighted by atomic mass is 10.1. The van der Waals surface area contributed by atoms with E-state index in [9.17, 15) is 8.42 Å². The van der Waals surface area contributed by atoms with E-state index in [-0.39, 0.29) is 5.75 Å². The summed E-state index contributed by atoms with van der Waals surface area (Å²) in [6.07, 6.45) is 2.87. The molecule has 0 radical (unpaired) electrons. The lowest BCUT2D eigenvalue weighted by molar-refractivity contribution is 0.586. The molecule has 2 rings (SSSR count). The summed E-state index contributed by atoms with van der Waals surface area (Å²) in [5, 5.41) is 4.34. The van der Waals surface area contributed by atoms with Crippen LogP contribution in [-0.4, -0.2) is 30.2 Å². The normalized spacial score (nSPS) is 11.7. The quantitative estimate of drug-likeness (QED) is 0.807. The molecule has 102 valence electrons. The summed E-state index contributed by atoms with van der Waals surface area (Å²) in [5.41, 5.74) is 8.08. The van der Waals surface area contributed by atoms with Crippen LogP contribution in [0.3, 0.4) is 0 Å². The van der Waals surface area contributed by atoms with Crippen LogP contribution in [0.1, 0.15) is 0 Å². The molecular formula is C12H14IN3O2S. The number of anilines is 1. The standard InChI is InChI=1S/C12H14IN3O2S/c1-19(17,18)7-6-16-8-11(14)12(15-16)9-2-4-10(13)5-3-9/h2-5,8H,6-7,14H2,1H3. The zero-order chi connectivity index (χ0) is 14.0. The van der Waals surface area contributed by atoms with E-state index in [2.05, 4.69) is 27.7 Å². The van der Waals surface area contributed by atoms with Gasteiger partial charge < -0.3 is 5.73 Å². The van der Waals surface area contributed by atoms with Gasteiger partial charge in [0.05, 0.1) is 18.0 Å². The minimum absolute atomic E-state index is 0.0558. The van der Waals surface area contributed by atoms with Gasteiger partial charge in [-0.05, 0) is 34.7 Å². The Labute approximate surface area is 125 Å². The lowest BCUT2D eigenvalue weighted by Crippen LogP contribution is -2.11. The molecule has 0 aliphatic carbocycles. The molecule has 0 atom stereocenters. The van der Waals surface area contributed by atoms with E-state index in [0.717, 1.165) is 9.13 Å². The van der Waals surface area contributed by atoms with Crippen molar-refractivity contribution >= 4 is 38.1 Å². The van der Waals surface area contributed by atoms with Crippen molar-refractivity contribution in [2.75, 3.05) is 17.7 Å². The Morgan fingerprint density at radius 1 is 1.32 bits per heavy atom. The van der Waals surface area contributed by atoms with Crippen molar-refractivity contribution in [3.63, 3.8) is 0 Å². The number of aromatic nitrogens is 2. The van der Waals surface area contributed by atoms with Crippen LogP contribution in [0.15, 0.2) is 30.5 Å². The molecule has 0 spiro atoms. The van der Waals surface area contributed by atoms with Crippen molar-refractivity contribution in [3.05, 3.63) is 34.0 Å². The summed E-state index contributed by atoms with van der Waals surface area (Å²) < 4.78 is 25.0. The van der Waals surface area contributed by atoms with Crippen LogP contribution in [0.2, 0.25) is 0 Å². The van der Waals surface area contributed by atoms with Gasteiger partial charge in [0.1, 0.15) is 15.5 Å². The molecule has 7 heteroatoms. The van der Waals surface area contributed by atoms with Gasteiger partial charge in [0, 0.05) is 21.6 Å². The Morgan fingerprint density at radius 3 is 2.53 bits per heavy atom. The molecule has 0 amide bonds. The first-order valence-corrected chi connectivity index (χ1v) is 8.76. The zero-order valence-electron chi connectivity index (χ0n) is 10.4. The summed E-state index contributed by atoms with van der Waals surface area (Å²) in [6.45, 7) is 0.313. The average molecular weight is 391 g/mol. The summed E-state index contributed by atoms with van der Waals surface area (Å²) in [6, 6.07) is 7.85. The molecule has 1 aromatic carbocycles. The Kier molecular flexibility index (Phi) is 4.14. The number of sulfone groups is 1. The summed E-state index contributed by atoms with van der Waals surface area (Å²) in [5.74, 6) is 0.0558. The van der Waals surface area contributed by atoms with Crippen LogP contribution < -0.4 is 5.73 Å². The van der Waals surface area contributed by atoms with Crippen molar-refractivity contribution in [1.29, 1.82) is 0 Å². The van der Waals surface area contributed by atoms with Crippen LogP contribution in [0.25, 0.3) is 11.3 Å². The highest BCUT2D eigenvalue weighted by molar-refractivity contribution is 14.1. The molecule has 0 bridgehead atoms. The number of nitrogens with two attached hydrogens (primary N) is 1. The Bertz CT molecular complexity index is 678. The van der Waals surface area contributed by atoms with Crippen molar-refractivity contribution in [3.8, 4) is 11.3 Å². The predicted octanol–water partition coefficient (Wildman–Crippen LogP) is 1.78. The molecule has 0 saturated carbocycles. The van der Waals surface area contributed by atoms with E-state index >= 15 is 0 Å². The molecule has 0 unspecified atom stereocenters. The number of aryl methyl sites for hydroxylation is 1. The number of hydrogen-bond acceptors (Lipinski definition) is 4. The van der Waals surface area contributed by atoms with Crippen LogP contribution >= 0.6 is 22.6 Å². The molecule has 0 saturated heterocycles. The Balaban J connectivity index is 2.24. The molecule has 2 aromatic rings. The number of nitrogen functional groups attached to an aromatic ring is 1. The number of rotatable bonds is 4. The third-order valence-corrected chi connectivity index (χ3v) is 4.24. The second kappa shape index (κ2) is 5.49. The Hall–Kier alpha value is -1.09. The highest BCUT2D eigenvalue weighted by atomic mass is 127. The number of benzene rings is 1. The van der Waals surface area contributed by atoms with Gasteiger partial charge in [-0.3, -0.25) is 4.68 Å². The van der Waals surface area contributed by atoms with Crippen molar-refractivity contribution in [2.24, 2.45) is 0 Å². The average Bonchev–Trinajstić information content (AvgIpc) is 2.68. The predicted molar refractivity (Wildman–Crippen MR) is 84.5 cm³/mol. The second-order valence-corrected chi connectivity index (χ2v) is 7.84. The maximum atomic E-state index is 11.1. The zero-order valence-corrected chi connectivity index (χ0v) is 13.3. The van der Waals surface area contributed by atoms with Gasteiger partial charge in [0.25, 0.3) is 0 Å². The molecule has 19 heavy (non-hydrogen) atoms. The molecular weight excluding hydrogens is 377 g/mol.